The van der Waals surface area contributed by atoms with Crippen molar-refractivity contribution >= 4 is 17.2 Å². The van der Waals surface area contributed by atoms with Gasteiger partial charge in [0.25, 0.3) is 0 Å². The van der Waals surface area contributed by atoms with Crippen molar-refractivity contribution in [2.24, 2.45) is 13.0 Å². The third-order valence-corrected chi connectivity index (χ3v) is 5.53. The van der Waals surface area contributed by atoms with E-state index in [1.165, 1.54) is 42.5 Å². The number of aryl methyl sites for hydroxylation is 3. The van der Waals surface area contributed by atoms with Gasteiger partial charge < -0.3 is 5.73 Å². The lowest BCUT2D eigenvalue weighted by molar-refractivity contribution is 0.649. The Labute approximate surface area is 131 Å². The standard InChI is InChI=1S/C17H25N3S/c1-11(2)9-13-16(19-20(3)17(13)18)15-10-12-7-5-4-6-8-14(12)21-15/h10-11H,4-9,18H2,1-3H3. The van der Waals surface area contributed by atoms with Gasteiger partial charge in [0.1, 0.15) is 11.5 Å². The van der Waals surface area contributed by atoms with Gasteiger partial charge in [0.05, 0.1) is 4.88 Å². The molecule has 0 saturated carbocycles. The van der Waals surface area contributed by atoms with Gasteiger partial charge >= 0.3 is 0 Å². The zero-order valence-corrected chi connectivity index (χ0v) is 14.1. The van der Waals surface area contributed by atoms with Crippen molar-refractivity contribution in [3.05, 3.63) is 22.1 Å². The van der Waals surface area contributed by atoms with Crippen LogP contribution >= 0.6 is 11.3 Å². The van der Waals surface area contributed by atoms with Crippen LogP contribution in [0.25, 0.3) is 10.6 Å². The summed E-state index contributed by atoms with van der Waals surface area (Å²) in [5, 5.41) is 4.70. The highest BCUT2D eigenvalue weighted by Gasteiger charge is 2.20. The van der Waals surface area contributed by atoms with Gasteiger partial charge in [-0.05, 0) is 49.7 Å². The van der Waals surface area contributed by atoms with Crippen LogP contribution in [0.4, 0.5) is 5.82 Å². The van der Waals surface area contributed by atoms with Crippen LogP contribution in [-0.2, 0) is 26.3 Å². The van der Waals surface area contributed by atoms with Gasteiger partial charge in [-0.1, -0.05) is 20.3 Å². The molecule has 4 heteroatoms. The fraction of sp³-hybridized carbons (Fsp3) is 0.588. The third kappa shape index (κ3) is 2.86. The first-order chi connectivity index (χ1) is 10.1. The molecule has 21 heavy (non-hydrogen) atoms. The topological polar surface area (TPSA) is 43.8 Å². The minimum Gasteiger partial charge on any atom is -0.384 e. The maximum absolute atomic E-state index is 6.24. The van der Waals surface area contributed by atoms with Gasteiger partial charge in [0, 0.05) is 17.5 Å². The van der Waals surface area contributed by atoms with Crippen molar-refractivity contribution in [3.8, 4) is 10.6 Å². The molecule has 0 radical (unpaired) electrons. The molecule has 0 saturated heterocycles. The highest BCUT2D eigenvalue weighted by atomic mass is 32.1. The molecule has 0 amide bonds. The zero-order valence-electron chi connectivity index (χ0n) is 13.3. The van der Waals surface area contributed by atoms with E-state index in [9.17, 15) is 0 Å². The lowest BCUT2D eigenvalue weighted by Gasteiger charge is -2.05. The van der Waals surface area contributed by atoms with Crippen molar-refractivity contribution < 1.29 is 0 Å². The Morgan fingerprint density at radius 3 is 2.81 bits per heavy atom. The molecule has 2 aromatic rings. The Morgan fingerprint density at radius 2 is 2.05 bits per heavy atom. The summed E-state index contributed by atoms with van der Waals surface area (Å²) in [5.41, 5.74) is 10.1. The summed E-state index contributed by atoms with van der Waals surface area (Å²) >= 11 is 1.93. The first-order valence-electron chi connectivity index (χ1n) is 7.99. The van der Waals surface area contributed by atoms with Gasteiger partial charge in [-0.25, -0.2) is 0 Å². The second-order valence-corrected chi connectivity index (χ2v) is 7.69. The number of aromatic nitrogens is 2. The molecule has 0 aliphatic heterocycles. The second kappa shape index (κ2) is 5.84. The minimum absolute atomic E-state index is 0.591. The number of rotatable bonds is 3. The van der Waals surface area contributed by atoms with Crippen LogP contribution in [0.15, 0.2) is 6.07 Å². The quantitative estimate of drug-likeness (QED) is 0.864. The molecule has 2 heterocycles. The van der Waals surface area contributed by atoms with Crippen LogP contribution in [0, 0.1) is 5.92 Å². The van der Waals surface area contributed by atoms with E-state index in [0.29, 0.717) is 5.92 Å². The minimum atomic E-state index is 0.591. The number of nitrogens with two attached hydrogens (primary N) is 1. The number of anilines is 1. The summed E-state index contributed by atoms with van der Waals surface area (Å²) in [4.78, 5) is 2.88. The Bertz CT molecular complexity index is 613. The average Bonchev–Trinajstić information content (AvgIpc) is 2.86. The molecule has 0 aromatic carbocycles. The molecular formula is C17H25N3S. The smallest absolute Gasteiger partial charge is 0.125 e. The number of nitrogens with zero attached hydrogens (tertiary/aromatic N) is 2. The SMILES string of the molecule is CC(C)Cc1c(-c2cc3c(s2)CCCCC3)nn(C)c1N. The van der Waals surface area contributed by atoms with Crippen molar-refractivity contribution in [2.45, 2.75) is 52.4 Å². The first kappa shape index (κ1) is 14.6. The van der Waals surface area contributed by atoms with Crippen molar-refractivity contribution in [1.82, 2.24) is 9.78 Å². The Kier molecular flexibility index (Phi) is 4.07. The molecule has 0 fully saturated rings. The maximum atomic E-state index is 6.24. The average molecular weight is 303 g/mol. The predicted octanol–water partition coefficient (Wildman–Crippen LogP) is 4.20. The largest absolute Gasteiger partial charge is 0.384 e. The third-order valence-electron chi connectivity index (χ3n) is 4.29. The second-order valence-electron chi connectivity index (χ2n) is 6.55. The molecule has 1 aliphatic rings. The normalized spacial score (nSPS) is 15.2. The van der Waals surface area contributed by atoms with E-state index >= 15 is 0 Å². The molecule has 2 aromatic heterocycles. The van der Waals surface area contributed by atoms with Crippen LogP contribution in [-0.4, -0.2) is 9.78 Å². The van der Waals surface area contributed by atoms with Crippen LogP contribution in [0.2, 0.25) is 0 Å². The van der Waals surface area contributed by atoms with Gasteiger partial charge in [0.15, 0.2) is 0 Å². The van der Waals surface area contributed by atoms with Crippen LogP contribution in [0.5, 0.6) is 0 Å². The molecule has 3 rings (SSSR count). The van der Waals surface area contributed by atoms with E-state index < -0.39 is 0 Å². The van der Waals surface area contributed by atoms with Gasteiger partial charge in [0.2, 0.25) is 0 Å². The fourth-order valence-corrected chi connectivity index (χ4v) is 4.44. The lowest BCUT2D eigenvalue weighted by atomic mass is 10.0. The van der Waals surface area contributed by atoms with Gasteiger partial charge in [-0.15, -0.1) is 11.3 Å². The monoisotopic (exact) mass is 303 g/mol. The number of thiophene rings is 1. The summed E-state index contributed by atoms with van der Waals surface area (Å²) in [6, 6.07) is 2.37. The molecule has 1 aliphatic carbocycles. The van der Waals surface area contributed by atoms with Crippen LogP contribution < -0.4 is 5.73 Å². The van der Waals surface area contributed by atoms with E-state index in [2.05, 4.69) is 19.9 Å². The van der Waals surface area contributed by atoms with Gasteiger partial charge in [-0.3, -0.25) is 4.68 Å². The molecule has 2 N–H and O–H groups in total. The van der Waals surface area contributed by atoms with E-state index in [1.807, 2.05) is 23.1 Å². The molecule has 0 bridgehead atoms. The van der Waals surface area contributed by atoms with E-state index in [0.717, 1.165) is 17.9 Å². The number of nitrogen functional groups attached to an aromatic ring is 1. The van der Waals surface area contributed by atoms with Crippen molar-refractivity contribution in [3.63, 3.8) is 0 Å². The number of fused-ring (bicyclic) bond motifs is 1. The first-order valence-corrected chi connectivity index (χ1v) is 8.81. The highest BCUT2D eigenvalue weighted by Crippen LogP contribution is 2.38. The molecular weight excluding hydrogens is 278 g/mol. The molecule has 3 nitrogen and oxygen atoms in total. The van der Waals surface area contributed by atoms with E-state index in [1.54, 1.807) is 10.4 Å². The maximum Gasteiger partial charge on any atom is 0.125 e. The van der Waals surface area contributed by atoms with Crippen molar-refractivity contribution in [2.75, 3.05) is 5.73 Å². The van der Waals surface area contributed by atoms with Crippen LogP contribution in [0.3, 0.4) is 0 Å². The number of hydrogen-bond acceptors (Lipinski definition) is 3. The zero-order chi connectivity index (χ0) is 15.0. The molecule has 0 atom stereocenters. The lowest BCUT2D eigenvalue weighted by Crippen LogP contribution is -2.01. The Morgan fingerprint density at radius 1 is 1.29 bits per heavy atom. The summed E-state index contributed by atoms with van der Waals surface area (Å²) in [6.07, 6.45) is 7.49. The van der Waals surface area contributed by atoms with Crippen molar-refractivity contribution in [1.29, 1.82) is 0 Å². The van der Waals surface area contributed by atoms with E-state index in [-0.39, 0.29) is 0 Å². The van der Waals surface area contributed by atoms with Gasteiger partial charge in [-0.2, -0.15) is 5.10 Å². The molecule has 0 unspecified atom stereocenters. The Balaban J connectivity index is 2.02. The van der Waals surface area contributed by atoms with Crippen LogP contribution in [0.1, 0.15) is 49.1 Å². The summed E-state index contributed by atoms with van der Waals surface area (Å²) in [7, 11) is 1.95. The summed E-state index contributed by atoms with van der Waals surface area (Å²) in [5.74, 6) is 1.41. The highest BCUT2D eigenvalue weighted by molar-refractivity contribution is 7.15. The summed E-state index contributed by atoms with van der Waals surface area (Å²) in [6.45, 7) is 4.47. The number of hydrogen-bond donors (Lipinski definition) is 1. The predicted molar refractivity (Wildman–Crippen MR) is 90.7 cm³/mol. The van der Waals surface area contributed by atoms with E-state index in [4.69, 9.17) is 10.8 Å². The summed E-state index contributed by atoms with van der Waals surface area (Å²) < 4.78 is 1.83. The molecule has 0 spiro atoms. The molecule has 114 valence electrons. The fourth-order valence-electron chi connectivity index (χ4n) is 3.17. The Hall–Kier alpha value is -1.29.